The van der Waals surface area contributed by atoms with Gasteiger partial charge in [-0.1, -0.05) is 84.1 Å². The molecule has 1 amide bonds. The molecule has 0 bridgehead atoms. The Morgan fingerprint density at radius 2 is 1.57 bits per heavy atom. The molecular weight excluding hydrogens is 498 g/mol. The molecule has 30 heavy (non-hydrogen) atoms. The molecule has 4 aromatic rings. The number of carbonyl (C=O) groups excluding carboxylic acids is 1. The van der Waals surface area contributed by atoms with Crippen LogP contribution in [-0.2, 0) is 4.79 Å². The Hall–Kier alpha value is -2.18. The standard InChI is InChI=1S/C24H13BrClNOS2/c25-20-10-9-16(12-21(20)26)27-23(28)22(30-24(27)29)13-19-17-7-3-1-5-14(17)11-15-6-2-4-8-18(15)19/h1-13H/b22-13+. The van der Waals surface area contributed by atoms with Crippen molar-refractivity contribution in [3.05, 3.63) is 92.8 Å². The zero-order valence-corrected chi connectivity index (χ0v) is 19.4. The fourth-order valence-electron chi connectivity index (χ4n) is 3.65. The second-order valence-electron chi connectivity index (χ2n) is 6.85. The number of rotatable bonds is 2. The second-order valence-corrected chi connectivity index (χ2v) is 9.79. The Morgan fingerprint density at radius 3 is 2.20 bits per heavy atom. The summed E-state index contributed by atoms with van der Waals surface area (Å²) in [7, 11) is 0. The maximum absolute atomic E-state index is 13.3. The van der Waals surface area contributed by atoms with Crippen LogP contribution in [0, 0.1) is 0 Å². The van der Waals surface area contributed by atoms with Crippen LogP contribution in [0.25, 0.3) is 27.6 Å². The molecule has 1 heterocycles. The zero-order valence-electron chi connectivity index (χ0n) is 15.4. The number of halogens is 2. The Kier molecular flexibility index (Phi) is 5.15. The third-order valence-corrected chi connectivity index (χ3v) is 7.58. The lowest BCUT2D eigenvalue weighted by atomic mass is 9.96. The van der Waals surface area contributed by atoms with E-state index < -0.39 is 0 Å². The average molecular weight is 511 g/mol. The van der Waals surface area contributed by atoms with Gasteiger partial charge in [-0.05, 0) is 73.4 Å². The highest BCUT2D eigenvalue weighted by atomic mass is 79.9. The van der Waals surface area contributed by atoms with Gasteiger partial charge in [-0.25, -0.2) is 0 Å². The normalized spacial score (nSPS) is 15.7. The number of amides is 1. The van der Waals surface area contributed by atoms with Crippen LogP contribution in [0.2, 0.25) is 5.02 Å². The Labute approximate surface area is 196 Å². The molecule has 0 atom stereocenters. The highest BCUT2D eigenvalue weighted by Crippen LogP contribution is 2.39. The number of fused-ring (bicyclic) bond motifs is 2. The fourth-order valence-corrected chi connectivity index (χ4v) is 5.35. The monoisotopic (exact) mass is 509 g/mol. The molecule has 0 spiro atoms. The summed E-state index contributed by atoms with van der Waals surface area (Å²) in [5, 5.41) is 5.02. The van der Waals surface area contributed by atoms with Gasteiger partial charge in [0.1, 0.15) is 0 Å². The fraction of sp³-hybridized carbons (Fsp3) is 0. The van der Waals surface area contributed by atoms with E-state index in [2.05, 4.69) is 46.3 Å². The van der Waals surface area contributed by atoms with Crippen molar-refractivity contribution in [1.29, 1.82) is 0 Å². The molecule has 6 heteroatoms. The van der Waals surface area contributed by atoms with Crippen LogP contribution >= 0.6 is 51.5 Å². The molecule has 0 aliphatic carbocycles. The summed E-state index contributed by atoms with van der Waals surface area (Å²) >= 11 is 16.5. The summed E-state index contributed by atoms with van der Waals surface area (Å²) in [5.74, 6) is -0.139. The van der Waals surface area contributed by atoms with Gasteiger partial charge < -0.3 is 0 Å². The van der Waals surface area contributed by atoms with Crippen LogP contribution in [0.1, 0.15) is 5.56 Å². The van der Waals surface area contributed by atoms with E-state index in [1.165, 1.54) is 16.7 Å². The number of thiocarbonyl (C=S) groups is 1. The number of nitrogens with zero attached hydrogens (tertiary/aromatic N) is 1. The highest BCUT2D eigenvalue weighted by Gasteiger charge is 2.33. The van der Waals surface area contributed by atoms with Crippen LogP contribution in [0.15, 0.2) is 82.2 Å². The van der Waals surface area contributed by atoms with Crippen molar-refractivity contribution in [3.63, 3.8) is 0 Å². The van der Waals surface area contributed by atoms with Crippen LogP contribution in [0.4, 0.5) is 5.69 Å². The molecule has 1 aliphatic heterocycles. The number of thioether (sulfide) groups is 1. The van der Waals surface area contributed by atoms with E-state index >= 15 is 0 Å². The van der Waals surface area contributed by atoms with Gasteiger partial charge in [0.05, 0.1) is 15.6 Å². The number of hydrogen-bond acceptors (Lipinski definition) is 3. The molecule has 0 saturated carbocycles. The van der Waals surface area contributed by atoms with Crippen LogP contribution in [0.5, 0.6) is 0 Å². The highest BCUT2D eigenvalue weighted by molar-refractivity contribution is 9.10. The van der Waals surface area contributed by atoms with E-state index in [1.807, 2.05) is 42.5 Å². The second kappa shape index (κ2) is 7.82. The summed E-state index contributed by atoms with van der Waals surface area (Å²) in [5.41, 5.74) is 1.69. The topological polar surface area (TPSA) is 20.3 Å². The summed E-state index contributed by atoms with van der Waals surface area (Å²) in [6, 6.07) is 24.0. The smallest absolute Gasteiger partial charge is 0.268 e. The van der Waals surface area contributed by atoms with Gasteiger partial charge >= 0.3 is 0 Å². The first-order chi connectivity index (χ1) is 14.5. The molecule has 1 saturated heterocycles. The van der Waals surface area contributed by atoms with Gasteiger partial charge in [-0.15, -0.1) is 0 Å². The zero-order chi connectivity index (χ0) is 20.8. The van der Waals surface area contributed by atoms with E-state index in [0.717, 1.165) is 31.6 Å². The lowest BCUT2D eigenvalue weighted by molar-refractivity contribution is -0.113. The van der Waals surface area contributed by atoms with E-state index in [-0.39, 0.29) is 5.91 Å². The molecule has 1 aliphatic rings. The Morgan fingerprint density at radius 1 is 0.933 bits per heavy atom. The molecule has 4 aromatic carbocycles. The molecule has 2 nitrogen and oxygen atoms in total. The Balaban J connectivity index is 1.66. The van der Waals surface area contributed by atoms with Gasteiger partial charge in [0.25, 0.3) is 5.91 Å². The van der Waals surface area contributed by atoms with Crippen molar-refractivity contribution in [2.45, 2.75) is 0 Å². The van der Waals surface area contributed by atoms with E-state index in [1.54, 1.807) is 6.07 Å². The minimum atomic E-state index is -0.139. The van der Waals surface area contributed by atoms with Gasteiger partial charge in [0.2, 0.25) is 0 Å². The molecular formula is C24H13BrClNOS2. The van der Waals surface area contributed by atoms with Gasteiger partial charge in [0, 0.05) is 4.47 Å². The SMILES string of the molecule is O=C1/C(=C\c2c3ccccc3cc3ccccc23)SC(=S)N1c1ccc(Br)c(Cl)c1. The maximum atomic E-state index is 13.3. The van der Waals surface area contributed by atoms with Crippen LogP contribution in [-0.4, -0.2) is 10.2 Å². The van der Waals surface area contributed by atoms with Gasteiger partial charge in [-0.3, -0.25) is 9.69 Å². The average Bonchev–Trinajstić information content (AvgIpc) is 3.03. The van der Waals surface area contributed by atoms with Crippen molar-refractivity contribution >= 4 is 95.0 Å². The minimum Gasteiger partial charge on any atom is -0.268 e. The van der Waals surface area contributed by atoms with Crippen molar-refractivity contribution in [2.75, 3.05) is 4.90 Å². The summed E-state index contributed by atoms with van der Waals surface area (Å²) in [6.07, 6.45) is 1.96. The first kappa shape index (κ1) is 19.8. The minimum absolute atomic E-state index is 0.139. The predicted octanol–water partition coefficient (Wildman–Crippen LogP) is 7.81. The number of hydrogen-bond donors (Lipinski definition) is 0. The van der Waals surface area contributed by atoms with Crippen molar-refractivity contribution in [3.8, 4) is 0 Å². The molecule has 1 fully saturated rings. The molecule has 0 aromatic heterocycles. The first-order valence-corrected chi connectivity index (χ1v) is 11.6. The van der Waals surface area contributed by atoms with E-state index in [0.29, 0.717) is 19.9 Å². The van der Waals surface area contributed by atoms with Gasteiger partial charge in [0.15, 0.2) is 4.32 Å². The van der Waals surface area contributed by atoms with Crippen LogP contribution in [0.3, 0.4) is 0 Å². The number of benzene rings is 4. The Bertz CT molecular complexity index is 1340. The molecule has 0 N–H and O–H groups in total. The first-order valence-electron chi connectivity index (χ1n) is 9.16. The van der Waals surface area contributed by atoms with Gasteiger partial charge in [-0.2, -0.15) is 0 Å². The molecule has 5 rings (SSSR count). The lowest BCUT2D eigenvalue weighted by Gasteiger charge is -2.15. The quantitative estimate of drug-likeness (QED) is 0.156. The summed E-state index contributed by atoms with van der Waals surface area (Å²) in [4.78, 5) is 15.4. The third-order valence-electron chi connectivity index (χ3n) is 5.04. The van der Waals surface area contributed by atoms with E-state index in [4.69, 9.17) is 23.8 Å². The number of carbonyl (C=O) groups is 1. The number of anilines is 1. The largest absolute Gasteiger partial charge is 0.270 e. The molecule has 146 valence electrons. The van der Waals surface area contributed by atoms with E-state index in [9.17, 15) is 4.79 Å². The van der Waals surface area contributed by atoms with Crippen molar-refractivity contribution in [1.82, 2.24) is 0 Å². The van der Waals surface area contributed by atoms with Crippen molar-refractivity contribution in [2.24, 2.45) is 0 Å². The third kappa shape index (κ3) is 3.36. The summed E-state index contributed by atoms with van der Waals surface area (Å²) in [6.45, 7) is 0. The van der Waals surface area contributed by atoms with Crippen molar-refractivity contribution < 1.29 is 4.79 Å². The predicted molar refractivity (Wildman–Crippen MR) is 136 cm³/mol. The maximum Gasteiger partial charge on any atom is 0.270 e. The summed E-state index contributed by atoms with van der Waals surface area (Å²) < 4.78 is 1.27. The molecule has 0 radical (unpaired) electrons. The van der Waals surface area contributed by atoms with Crippen LogP contribution < -0.4 is 4.90 Å². The molecule has 0 unspecified atom stereocenters. The lowest BCUT2D eigenvalue weighted by Crippen LogP contribution is -2.27.